The third kappa shape index (κ3) is 2.80. The Labute approximate surface area is 142 Å². The van der Waals surface area contributed by atoms with Gasteiger partial charge in [0.15, 0.2) is 17.1 Å². The number of epoxide rings is 1. The van der Waals surface area contributed by atoms with E-state index in [2.05, 4.69) is 18.2 Å². The van der Waals surface area contributed by atoms with Crippen molar-refractivity contribution in [3.8, 4) is 11.5 Å². The lowest BCUT2D eigenvalue weighted by molar-refractivity contribution is 0.245. The molecule has 24 heavy (non-hydrogen) atoms. The first kappa shape index (κ1) is 15.3. The molecule has 2 aromatic carbocycles. The zero-order valence-corrected chi connectivity index (χ0v) is 13.9. The van der Waals surface area contributed by atoms with Crippen molar-refractivity contribution in [2.24, 2.45) is 0 Å². The molecule has 2 aromatic rings. The number of hydrogen-bond acceptors (Lipinski definition) is 3. The molecule has 2 fully saturated rings. The van der Waals surface area contributed by atoms with Crippen LogP contribution < -0.4 is 9.47 Å². The van der Waals surface area contributed by atoms with Crippen LogP contribution in [0.3, 0.4) is 0 Å². The molecule has 0 bridgehead atoms. The van der Waals surface area contributed by atoms with Crippen molar-refractivity contribution in [3.05, 3.63) is 65.9 Å². The minimum Gasteiger partial charge on any atom is -0.493 e. The van der Waals surface area contributed by atoms with E-state index in [1.807, 2.05) is 42.5 Å². The summed E-state index contributed by atoms with van der Waals surface area (Å²) in [7, 11) is 1.66. The van der Waals surface area contributed by atoms with Crippen LogP contribution >= 0.6 is 0 Å². The van der Waals surface area contributed by atoms with Gasteiger partial charge in [0.2, 0.25) is 0 Å². The number of methoxy groups -OCH3 is 1. The number of para-hydroxylation sites is 2. The lowest BCUT2D eigenvalue weighted by atomic mass is 9.87. The number of fused-ring (bicyclic) bond motifs is 1. The van der Waals surface area contributed by atoms with Crippen molar-refractivity contribution >= 4 is 6.08 Å². The number of rotatable bonds is 5. The average molecular weight is 322 g/mol. The van der Waals surface area contributed by atoms with Gasteiger partial charge in [-0.1, -0.05) is 48.9 Å². The molecule has 2 aliphatic rings. The van der Waals surface area contributed by atoms with E-state index < -0.39 is 0 Å². The van der Waals surface area contributed by atoms with Crippen molar-refractivity contribution in [2.45, 2.75) is 37.4 Å². The van der Waals surface area contributed by atoms with Crippen molar-refractivity contribution < 1.29 is 14.2 Å². The van der Waals surface area contributed by atoms with Crippen LogP contribution in [0.4, 0.5) is 0 Å². The highest BCUT2D eigenvalue weighted by Gasteiger charge is 2.61. The average Bonchev–Trinajstić information content (AvgIpc) is 3.38. The molecule has 4 rings (SSSR count). The summed E-state index contributed by atoms with van der Waals surface area (Å²) in [5.41, 5.74) is 0.867. The third-order valence-electron chi connectivity index (χ3n) is 4.88. The Morgan fingerprint density at radius 1 is 1.04 bits per heavy atom. The van der Waals surface area contributed by atoms with Gasteiger partial charge in [0.1, 0.15) is 5.76 Å². The Kier molecular flexibility index (Phi) is 4.03. The molecule has 3 heteroatoms. The Bertz CT molecular complexity index is 738. The SMILES string of the molecule is COc1ccccc1O/C(=C\c1ccccc1)[C@]12CCCC[C@H]1O2. The summed E-state index contributed by atoms with van der Waals surface area (Å²) in [5.74, 6) is 2.36. The molecule has 0 amide bonds. The largest absolute Gasteiger partial charge is 0.493 e. The lowest BCUT2D eigenvalue weighted by Crippen LogP contribution is -2.25. The highest BCUT2D eigenvalue weighted by Crippen LogP contribution is 2.53. The molecule has 1 saturated carbocycles. The predicted octanol–water partition coefficient (Wildman–Crippen LogP) is 4.83. The van der Waals surface area contributed by atoms with Crippen LogP contribution in [-0.4, -0.2) is 18.8 Å². The standard InChI is InChI=1S/C21H22O3/c1-22-17-11-5-6-12-18(17)23-20(15-16-9-3-2-4-10-16)21-14-8-7-13-19(21)24-21/h2-6,9-12,15,19H,7-8,13-14H2,1H3/b20-15-/t19-,21+/m1/s1. The van der Waals surface area contributed by atoms with E-state index in [-0.39, 0.29) is 11.7 Å². The summed E-state index contributed by atoms with van der Waals surface area (Å²) in [5, 5.41) is 0. The minimum absolute atomic E-state index is 0.255. The van der Waals surface area contributed by atoms with Gasteiger partial charge in [-0.3, -0.25) is 0 Å². The summed E-state index contributed by atoms with van der Waals surface area (Å²) in [6.45, 7) is 0. The van der Waals surface area contributed by atoms with E-state index >= 15 is 0 Å². The third-order valence-corrected chi connectivity index (χ3v) is 4.88. The molecule has 3 nitrogen and oxygen atoms in total. The van der Waals surface area contributed by atoms with Crippen LogP contribution in [0.2, 0.25) is 0 Å². The Hall–Kier alpha value is -2.26. The lowest BCUT2D eigenvalue weighted by Gasteiger charge is -2.22. The maximum Gasteiger partial charge on any atom is 0.168 e. The van der Waals surface area contributed by atoms with E-state index in [1.54, 1.807) is 7.11 Å². The van der Waals surface area contributed by atoms with Crippen molar-refractivity contribution in [1.29, 1.82) is 0 Å². The summed E-state index contributed by atoms with van der Waals surface area (Å²) >= 11 is 0. The zero-order valence-electron chi connectivity index (χ0n) is 13.9. The fraction of sp³-hybridized carbons (Fsp3) is 0.333. The molecule has 0 N–H and O–H groups in total. The first-order chi connectivity index (χ1) is 11.8. The molecule has 2 atom stereocenters. The number of ether oxygens (including phenoxy) is 3. The second-order valence-electron chi connectivity index (χ2n) is 6.41. The molecule has 124 valence electrons. The monoisotopic (exact) mass is 322 g/mol. The number of hydrogen-bond donors (Lipinski definition) is 0. The summed E-state index contributed by atoms with van der Waals surface area (Å²) in [6, 6.07) is 18.0. The van der Waals surface area contributed by atoms with Crippen LogP contribution in [0.15, 0.2) is 60.4 Å². The first-order valence-corrected chi connectivity index (χ1v) is 8.58. The number of benzene rings is 2. The van der Waals surface area contributed by atoms with Crippen molar-refractivity contribution in [1.82, 2.24) is 0 Å². The van der Waals surface area contributed by atoms with Gasteiger partial charge in [-0.25, -0.2) is 0 Å². The van der Waals surface area contributed by atoms with E-state index in [4.69, 9.17) is 14.2 Å². The van der Waals surface area contributed by atoms with Gasteiger partial charge < -0.3 is 14.2 Å². The second-order valence-corrected chi connectivity index (χ2v) is 6.41. The topological polar surface area (TPSA) is 31.0 Å². The molecule has 1 aliphatic heterocycles. The van der Waals surface area contributed by atoms with Gasteiger partial charge in [-0.2, -0.15) is 0 Å². The molecule has 1 aliphatic carbocycles. The Morgan fingerprint density at radius 2 is 1.79 bits per heavy atom. The van der Waals surface area contributed by atoms with Crippen LogP contribution in [0.1, 0.15) is 31.2 Å². The van der Waals surface area contributed by atoms with E-state index in [0.29, 0.717) is 0 Å². The van der Waals surface area contributed by atoms with E-state index in [0.717, 1.165) is 35.7 Å². The minimum atomic E-state index is -0.255. The fourth-order valence-corrected chi connectivity index (χ4v) is 3.55. The highest BCUT2D eigenvalue weighted by atomic mass is 16.6. The highest BCUT2D eigenvalue weighted by molar-refractivity contribution is 5.56. The van der Waals surface area contributed by atoms with E-state index in [1.165, 1.54) is 12.8 Å². The molecule has 1 saturated heterocycles. The van der Waals surface area contributed by atoms with Gasteiger partial charge in [0.05, 0.1) is 13.2 Å². The Balaban J connectivity index is 1.70. The molecule has 1 heterocycles. The van der Waals surface area contributed by atoms with Gasteiger partial charge in [-0.05, 0) is 43.0 Å². The van der Waals surface area contributed by atoms with Crippen LogP contribution in [-0.2, 0) is 4.74 Å². The van der Waals surface area contributed by atoms with Gasteiger partial charge in [0.25, 0.3) is 0 Å². The van der Waals surface area contributed by atoms with Crippen LogP contribution in [0.25, 0.3) is 6.08 Å². The first-order valence-electron chi connectivity index (χ1n) is 8.58. The quantitative estimate of drug-likeness (QED) is 0.584. The van der Waals surface area contributed by atoms with Crippen LogP contribution in [0, 0.1) is 0 Å². The molecular weight excluding hydrogens is 300 g/mol. The van der Waals surface area contributed by atoms with Gasteiger partial charge in [0, 0.05) is 0 Å². The summed E-state index contributed by atoms with van der Waals surface area (Å²) in [4.78, 5) is 0. The van der Waals surface area contributed by atoms with Gasteiger partial charge in [-0.15, -0.1) is 0 Å². The maximum absolute atomic E-state index is 6.34. The predicted molar refractivity (Wildman–Crippen MR) is 94.1 cm³/mol. The molecule has 0 radical (unpaired) electrons. The van der Waals surface area contributed by atoms with Crippen molar-refractivity contribution in [2.75, 3.05) is 7.11 Å². The zero-order chi connectivity index (χ0) is 16.4. The fourth-order valence-electron chi connectivity index (χ4n) is 3.55. The second kappa shape index (κ2) is 6.33. The maximum atomic E-state index is 6.34. The molecule has 0 unspecified atom stereocenters. The molecular formula is C21H22O3. The summed E-state index contributed by atoms with van der Waals surface area (Å²) in [6.07, 6.45) is 6.94. The smallest absolute Gasteiger partial charge is 0.168 e. The van der Waals surface area contributed by atoms with Crippen LogP contribution in [0.5, 0.6) is 11.5 Å². The Morgan fingerprint density at radius 3 is 2.54 bits per heavy atom. The molecule has 0 spiro atoms. The summed E-state index contributed by atoms with van der Waals surface area (Å²) < 4.78 is 17.9. The van der Waals surface area contributed by atoms with Gasteiger partial charge >= 0.3 is 0 Å². The van der Waals surface area contributed by atoms with E-state index in [9.17, 15) is 0 Å². The molecule has 0 aromatic heterocycles. The van der Waals surface area contributed by atoms with Crippen molar-refractivity contribution in [3.63, 3.8) is 0 Å². The normalized spacial score (nSPS) is 25.7.